The topological polar surface area (TPSA) is 228 Å². The first-order valence-corrected chi connectivity index (χ1v) is 37.6. The van der Waals surface area contributed by atoms with E-state index in [-0.39, 0.29) is 12.5 Å². The standard InChI is InChI=1S/C74H141NO13/c1-3-5-7-9-11-13-15-17-19-21-23-25-27-29-31-33-35-37-39-41-43-45-47-49-51-53-55-57-63(78)62(61-85-73-71(84)69(82)72(65(60-77)87-73)88-74-70(83)68(81)67(80)64(59-76)86-74)75-66(79)58-56-54-52-50-48-46-44-42-40-38-36-34-32-30-28-26-24-22-20-18-16-14-12-10-8-6-4-2/h16,18,22,24,62-65,67-74,76-78,80-84H,3-15,17,19-21,23,25-61H2,1-2H3,(H,75,79)/b18-16-,24-22-. The summed E-state index contributed by atoms with van der Waals surface area (Å²) >= 11 is 0. The van der Waals surface area contributed by atoms with Crippen molar-refractivity contribution in [2.45, 2.75) is 421 Å². The molecule has 2 aliphatic rings. The van der Waals surface area contributed by atoms with Gasteiger partial charge in [0.25, 0.3) is 0 Å². The fraction of sp³-hybridized carbons (Fsp3) is 0.932. The van der Waals surface area contributed by atoms with Crippen LogP contribution in [0, 0.1) is 0 Å². The van der Waals surface area contributed by atoms with Crippen LogP contribution in [0.3, 0.4) is 0 Å². The smallest absolute Gasteiger partial charge is 0.220 e. The second-order valence-corrected chi connectivity index (χ2v) is 26.8. The van der Waals surface area contributed by atoms with E-state index in [4.69, 9.17) is 18.9 Å². The van der Waals surface area contributed by atoms with Gasteiger partial charge < -0.3 is 65.1 Å². The highest BCUT2D eigenvalue weighted by Gasteiger charge is 2.51. The predicted molar refractivity (Wildman–Crippen MR) is 360 cm³/mol. The average Bonchev–Trinajstić information content (AvgIpc) is 1.93. The average molecular weight is 1250 g/mol. The van der Waals surface area contributed by atoms with Crippen molar-refractivity contribution in [1.82, 2.24) is 5.32 Å². The highest BCUT2D eigenvalue weighted by atomic mass is 16.7. The van der Waals surface area contributed by atoms with Crippen molar-refractivity contribution < 1.29 is 64.6 Å². The van der Waals surface area contributed by atoms with E-state index in [2.05, 4.69) is 43.5 Å². The fourth-order valence-electron chi connectivity index (χ4n) is 12.7. The number of allylic oxidation sites excluding steroid dienone is 4. The van der Waals surface area contributed by atoms with E-state index in [1.807, 2.05) is 0 Å². The number of carbonyl (C=O) groups excluding carboxylic acids is 1. The molecule has 88 heavy (non-hydrogen) atoms. The number of carbonyl (C=O) groups is 1. The summed E-state index contributed by atoms with van der Waals surface area (Å²) in [5.41, 5.74) is 0. The molecule has 0 radical (unpaired) electrons. The summed E-state index contributed by atoms with van der Waals surface area (Å²) in [5.74, 6) is -0.200. The van der Waals surface area contributed by atoms with Gasteiger partial charge in [-0.15, -0.1) is 0 Å². The Balaban J connectivity index is 1.64. The van der Waals surface area contributed by atoms with Gasteiger partial charge in [-0.2, -0.15) is 0 Å². The van der Waals surface area contributed by atoms with Crippen LogP contribution < -0.4 is 5.32 Å². The Bertz CT molecular complexity index is 1570. The van der Waals surface area contributed by atoms with Crippen LogP contribution in [0.2, 0.25) is 0 Å². The van der Waals surface area contributed by atoms with Crippen LogP contribution >= 0.6 is 0 Å². The fourth-order valence-corrected chi connectivity index (χ4v) is 12.7. The lowest BCUT2D eigenvalue weighted by molar-refractivity contribution is -0.359. The zero-order chi connectivity index (χ0) is 63.8. The van der Waals surface area contributed by atoms with Gasteiger partial charge in [0, 0.05) is 6.42 Å². The maximum absolute atomic E-state index is 13.4. The molecule has 2 heterocycles. The molecule has 0 aromatic rings. The molecule has 14 nitrogen and oxygen atoms in total. The third kappa shape index (κ3) is 42.6. The third-order valence-corrected chi connectivity index (χ3v) is 18.7. The molecule has 0 bridgehead atoms. The van der Waals surface area contributed by atoms with E-state index >= 15 is 0 Å². The Morgan fingerprint density at radius 2 is 0.750 bits per heavy atom. The summed E-state index contributed by atoms with van der Waals surface area (Å²) in [6.45, 7) is 2.91. The van der Waals surface area contributed by atoms with Gasteiger partial charge in [0.2, 0.25) is 5.91 Å². The number of ether oxygens (including phenoxy) is 4. The highest BCUT2D eigenvalue weighted by Crippen LogP contribution is 2.30. The van der Waals surface area contributed by atoms with Crippen LogP contribution in [-0.4, -0.2) is 140 Å². The van der Waals surface area contributed by atoms with E-state index in [1.54, 1.807) is 0 Å². The zero-order valence-electron chi connectivity index (χ0n) is 56.7. The summed E-state index contributed by atoms with van der Waals surface area (Å²) < 4.78 is 23.0. The zero-order valence-corrected chi connectivity index (χ0v) is 56.7. The molecule has 14 heteroatoms. The predicted octanol–water partition coefficient (Wildman–Crippen LogP) is 15.9. The Morgan fingerprint density at radius 3 is 1.14 bits per heavy atom. The molecule has 9 N–H and O–H groups in total. The number of rotatable bonds is 63. The summed E-state index contributed by atoms with van der Waals surface area (Å²) in [7, 11) is 0. The first-order valence-electron chi connectivity index (χ1n) is 37.6. The molecule has 2 aliphatic heterocycles. The molecule has 12 unspecified atom stereocenters. The number of aliphatic hydroxyl groups excluding tert-OH is 8. The van der Waals surface area contributed by atoms with E-state index < -0.39 is 86.8 Å². The van der Waals surface area contributed by atoms with Crippen LogP contribution in [0.4, 0.5) is 0 Å². The number of hydrogen-bond donors (Lipinski definition) is 9. The molecule has 12 atom stereocenters. The van der Waals surface area contributed by atoms with Crippen molar-refractivity contribution in [3.8, 4) is 0 Å². The van der Waals surface area contributed by atoms with E-state index in [9.17, 15) is 45.6 Å². The molecular formula is C74H141NO13. The quantitative estimate of drug-likeness (QED) is 0.0204. The lowest BCUT2D eigenvalue weighted by Gasteiger charge is -2.46. The monoisotopic (exact) mass is 1250 g/mol. The largest absolute Gasteiger partial charge is 0.394 e. The number of unbranched alkanes of at least 4 members (excludes halogenated alkanes) is 46. The van der Waals surface area contributed by atoms with Crippen molar-refractivity contribution in [1.29, 1.82) is 0 Å². The molecule has 2 fully saturated rings. The summed E-state index contributed by atoms with van der Waals surface area (Å²) in [5, 5.41) is 87.8. The van der Waals surface area contributed by atoms with Crippen molar-refractivity contribution in [3.63, 3.8) is 0 Å². The first kappa shape index (κ1) is 82.6. The molecule has 0 aromatic heterocycles. The van der Waals surface area contributed by atoms with Gasteiger partial charge in [-0.05, 0) is 44.9 Å². The SMILES string of the molecule is CCCCCCC/C=C\C/C=C\CCCCCCCCCCCCCCCCCC(=O)NC(COC1OC(CO)C(OC2OC(CO)C(O)C(O)C2O)C(O)C1O)C(O)CCCCCCCCCCCCCCCCCCCCCCCCCCCCC. The van der Waals surface area contributed by atoms with Gasteiger partial charge in [0.05, 0.1) is 32.0 Å². The maximum Gasteiger partial charge on any atom is 0.220 e. The van der Waals surface area contributed by atoms with Crippen LogP contribution in [0.1, 0.15) is 348 Å². The van der Waals surface area contributed by atoms with Gasteiger partial charge in [-0.25, -0.2) is 0 Å². The number of amides is 1. The van der Waals surface area contributed by atoms with Crippen LogP contribution in [0.25, 0.3) is 0 Å². The van der Waals surface area contributed by atoms with Crippen molar-refractivity contribution >= 4 is 5.91 Å². The van der Waals surface area contributed by atoms with Gasteiger partial charge in [-0.3, -0.25) is 4.79 Å². The van der Waals surface area contributed by atoms with Gasteiger partial charge in [0.1, 0.15) is 48.8 Å². The molecule has 0 aromatic carbocycles. The summed E-state index contributed by atoms with van der Waals surface area (Å²) in [6.07, 6.45) is 57.7. The second kappa shape index (κ2) is 59.2. The lowest BCUT2D eigenvalue weighted by Crippen LogP contribution is -2.65. The van der Waals surface area contributed by atoms with Crippen molar-refractivity contribution in [2.75, 3.05) is 19.8 Å². The van der Waals surface area contributed by atoms with Gasteiger partial charge in [0.15, 0.2) is 12.6 Å². The summed E-state index contributed by atoms with van der Waals surface area (Å²) in [4.78, 5) is 13.4. The Hall–Kier alpha value is -1.53. The molecule has 1 amide bonds. The van der Waals surface area contributed by atoms with Crippen LogP contribution in [-0.2, 0) is 23.7 Å². The minimum Gasteiger partial charge on any atom is -0.394 e. The van der Waals surface area contributed by atoms with Crippen LogP contribution in [0.5, 0.6) is 0 Å². The molecule has 0 aliphatic carbocycles. The molecule has 520 valence electrons. The molecule has 2 rings (SSSR count). The summed E-state index contributed by atoms with van der Waals surface area (Å²) in [6, 6.07) is -0.829. The Morgan fingerprint density at radius 1 is 0.409 bits per heavy atom. The van der Waals surface area contributed by atoms with Crippen LogP contribution in [0.15, 0.2) is 24.3 Å². The van der Waals surface area contributed by atoms with Gasteiger partial charge >= 0.3 is 0 Å². The van der Waals surface area contributed by atoms with E-state index in [1.165, 1.54) is 263 Å². The van der Waals surface area contributed by atoms with E-state index in [0.29, 0.717) is 12.8 Å². The number of nitrogens with one attached hydrogen (secondary N) is 1. The number of aliphatic hydroxyl groups is 8. The number of hydrogen-bond acceptors (Lipinski definition) is 13. The van der Waals surface area contributed by atoms with Crippen molar-refractivity contribution in [3.05, 3.63) is 24.3 Å². The van der Waals surface area contributed by atoms with Gasteiger partial charge in [-0.1, -0.05) is 321 Å². The minimum atomic E-state index is -1.78. The highest BCUT2D eigenvalue weighted by molar-refractivity contribution is 5.76. The maximum atomic E-state index is 13.4. The molecular weight excluding hydrogens is 1110 g/mol. The lowest BCUT2D eigenvalue weighted by atomic mass is 9.97. The minimum absolute atomic E-state index is 0.200. The Labute approximate surface area is 539 Å². The molecule has 0 saturated carbocycles. The third-order valence-electron chi connectivity index (χ3n) is 18.7. The normalized spacial score (nSPS) is 23.2. The first-order chi connectivity index (χ1) is 43.1. The van der Waals surface area contributed by atoms with Crippen molar-refractivity contribution in [2.24, 2.45) is 0 Å². The molecule has 0 spiro atoms. The van der Waals surface area contributed by atoms with E-state index in [0.717, 1.165) is 57.8 Å². The molecule has 2 saturated heterocycles. The Kier molecular flexibility index (Phi) is 55.6. The second-order valence-electron chi connectivity index (χ2n) is 26.8.